The maximum absolute atomic E-state index is 11.9. The molecule has 0 saturated heterocycles. The predicted molar refractivity (Wildman–Crippen MR) is 74.0 cm³/mol. The van der Waals surface area contributed by atoms with Gasteiger partial charge in [0.15, 0.2) is 5.82 Å². The van der Waals surface area contributed by atoms with Gasteiger partial charge >= 0.3 is 0 Å². The van der Waals surface area contributed by atoms with Crippen LogP contribution in [0.4, 0.5) is 5.69 Å². The summed E-state index contributed by atoms with van der Waals surface area (Å²) in [6, 6.07) is 7.29. The Bertz CT molecular complexity index is 736. The van der Waals surface area contributed by atoms with Crippen LogP contribution in [0.2, 0.25) is 0 Å². The first-order valence-electron chi connectivity index (χ1n) is 5.79. The third kappa shape index (κ3) is 2.41. The first-order chi connectivity index (χ1) is 9.74. The first kappa shape index (κ1) is 12.4. The van der Waals surface area contributed by atoms with E-state index in [4.69, 9.17) is 0 Å². The molecule has 2 aromatic heterocycles. The van der Waals surface area contributed by atoms with Crippen molar-refractivity contribution in [1.82, 2.24) is 25.2 Å². The molecule has 3 rings (SSSR count). The van der Waals surface area contributed by atoms with Gasteiger partial charge in [-0.3, -0.25) is 4.79 Å². The lowest BCUT2D eigenvalue weighted by atomic mass is 10.2. The zero-order chi connectivity index (χ0) is 13.9. The van der Waals surface area contributed by atoms with Crippen LogP contribution < -0.4 is 5.32 Å². The summed E-state index contributed by atoms with van der Waals surface area (Å²) < 4.78 is 1.60. The average molecular weight is 286 g/mol. The smallest absolute Gasteiger partial charge is 0.275 e. The number of hydrogen-bond donors (Lipinski definition) is 1. The van der Waals surface area contributed by atoms with Gasteiger partial charge in [-0.1, -0.05) is 6.07 Å². The SMILES string of the molecule is Cc1nnnn1-c1cccc(NC(=O)c2cscn2)c1. The highest BCUT2D eigenvalue weighted by atomic mass is 32.1. The maximum atomic E-state index is 11.9. The monoisotopic (exact) mass is 286 g/mol. The zero-order valence-corrected chi connectivity index (χ0v) is 11.3. The summed E-state index contributed by atoms with van der Waals surface area (Å²) in [5.74, 6) is 0.435. The maximum Gasteiger partial charge on any atom is 0.275 e. The van der Waals surface area contributed by atoms with Crippen molar-refractivity contribution in [1.29, 1.82) is 0 Å². The molecule has 0 aliphatic rings. The Morgan fingerprint density at radius 1 is 1.40 bits per heavy atom. The fourth-order valence-corrected chi connectivity index (χ4v) is 2.24. The van der Waals surface area contributed by atoms with E-state index < -0.39 is 0 Å². The van der Waals surface area contributed by atoms with Gasteiger partial charge in [0.05, 0.1) is 11.2 Å². The lowest BCUT2D eigenvalue weighted by Crippen LogP contribution is -2.12. The third-order valence-corrected chi connectivity index (χ3v) is 3.23. The Kier molecular flexibility index (Phi) is 3.21. The summed E-state index contributed by atoms with van der Waals surface area (Å²) in [7, 11) is 0. The number of carbonyl (C=O) groups is 1. The topological polar surface area (TPSA) is 85.6 Å². The van der Waals surface area contributed by atoms with Crippen LogP contribution in [0.5, 0.6) is 0 Å². The second-order valence-electron chi connectivity index (χ2n) is 4.02. The molecule has 0 spiro atoms. The van der Waals surface area contributed by atoms with Crippen LogP contribution in [0.1, 0.15) is 16.3 Å². The van der Waals surface area contributed by atoms with Gasteiger partial charge in [-0.05, 0) is 35.5 Å². The molecular weight excluding hydrogens is 276 g/mol. The van der Waals surface area contributed by atoms with Crippen LogP contribution in [0.15, 0.2) is 35.2 Å². The van der Waals surface area contributed by atoms with Crippen molar-refractivity contribution >= 4 is 22.9 Å². The normalized spacial score (nSPS) is 10.4. The second-order valence-corrected chi connectivity index (χ2v) is 4.73. The van der Waals surface area contributed by atoms with Crippen molar-refractivity contribution < 1.29 is 4.79 Å². The fraction of sp³-hybridized carbons (Fsp3) is 0.0833. The van der Waals surface area contributed by atoms with Crippen molar-refractivity contribution in [2.24, 2.45) is 0 Å². The molecule has 0 radical (unpaired) electrons. The van der Waals surface area contributed by atoms with E-state index in [0.29, 0.717) is 17.2 Å². The number of aryl methyl sites for hydroxylation is 1. The summed E-state index contributed by atoms with van der Waals surface area (Å²) in [6.45, 7) is 1.81. The van der Waals surface area contributed by atoms with E-state index in [2.05, 4.69) is 25.8 Å². The Hall–Kier alpha value is -2.61. The lowest BCUT2D eigenvalue weighted by molar-refractivity contribution is 0.102. The molecule has 0 aliphatic carbocycles. The van der Waals surface area contributed by atoms with Gasteiger partial charge in [-0.2, -0.15) is 4.68 Å². The fourth-order valence-electron chi connectivity index (χ4n) is 1.71. The van der Waals surface area contributed by atoms with Gasteiger partial charge in [0, 0.05) is 11.1 Å². The van der Waals surface area contributed by atoms with Crippen LogP contribution in [-0.4, -0.2) is 31.1 Å². The molecule has 2 heterocycles. The van der Waals surface area contributed by atoms with E-state index in [9.17, 15) is 4.79 Å². The molecule has 0 aliphatic heterocycles. The van der Waals surface area contributed by atoms with E-state index in [-0.39, 0.29) is 5.91 Å². The van der Waals surface area contributed by atoms with Gasteiger partial charge in [-0.25, -0.2) is 4.98 Å². The number of anilines is 1. The number of tetrazole rings is 1. The quantitative estimate of drug-likeness (QED) is 0.791. The van der Waals surface area contributed by atoms with Gasteiger partial charge in [0.25, 0.3) is 5.91 Å². The number of nitrogens with one attached hydrogen (secondary N) is 1. The zero-order valence-electron chi connectivity index (χ0n) is 10.5. The molecule has 0 saturated carbocycles. The number of nitrogens with zero attached hydrogens (tertiary/aromatic N) is 5. The summed E-state index contributed by atoms with van der Waals surface area (Å²) in [5, 5.41) is 15.8. The molecule has 3 aromatic rings. The van der Waals surface area contributed by atoms with Gasteiger partial charge in [0.2, 0.25) is 0 Å². The molecule has 100 valence electrons. The molecular formula is C12H10N6OS. The van der Waals surface area contributed by atoms with Crippen molar-refractivity contribution in [2.75, 3.05) is 5.32 Å². The Labute approximate surface area is 118 Å². The number of rotatable bonds is 3. The van der Waals surface area contributed by atoms with E-state index in [1.165, 1.54) is 11.3 Å². The number of aromatic nitrogens is 5. The second kappa shape index (κ2) is 5.17. The van der Waals surface area contributed by atoms with E-state index >= 15 is 0 Å². The number of amides is 1. The van der Waals surface area contributed by atoms with Crippen LogP contribution in [0.3, 0.4) is 0 Å². The molecule has 20 heavy (non-hydrogen) atoms. The number of hydrogen-bond acceptors (Lipinski definition) is 6. The Morgan fingerprint density at radius 3 is 3.00 bits per heavy atom. The van der Waals surface area contributed by atoms with Crippen LogP contribution in [0.25, 0.3) is 5.69 Å². The van der Waals surface area contributed by atoms with E-state index in [1.54, 1.807) is 34.6 Å². The summed E-state index contributed by atoms with van der Waals surface area (Å²) >= 11 is 1.38. The van der Waals surface area contributed by atoms with Gasteiger partial charge in [0.1, 0.15) is 5.69 Å². The molecule has 7 nitrogen and oxygen atoms in total. The molecule has 0 fully saturated rings. The molecule has 1 aromatic carbocycles. The van der Waals surface area contributed by atoms with Crippen LogP contribution in [-0.2, 0) is 0 Å². The minimum absolute atomic E-state index is 0.239. The molecule has 0 atom stereocenters. The summed E-state index contributed by atoms with van der Waals surface area (Å²) in [5.41, 5.74) is 3.47. The van der Waals surface area contributed by atoms with Crippen molar-refractivity contribution in [3.05, 3.63) is 46.7 Å². The summed E-state index contributed by atoms with van der Waals surface area (Å²) in [6.07, 6.45) is 0. The highest BCUT2D eigenvalue weighted by Crippen LogP contribution is 2.15. The molecule has 8 heteroatoms. The molecule has 1 N–H and O–H groups in total. The van der Waals surface area contributed by atoms with E-state index in [1.807, 2.05) is 12.1 Å². The Balaban J connectivity index is 1.85. The summed E-state index contributed by atoms with van der Waals surface area (Å²) in [4.78, 5) is 15.9. The average Bonchev–Trinajstić information content (AvgIpc) is 3.10. The van der Waals surface area contributed by atoms with Crippen molar-refractivity contribution in [3.8, 4) is 5.69 Å². The van der Waals surface area contributed by atoms with Crippen LogP contribution in [0, 0.1) is 6.92 Å². The largest absolute Gasteiger partial charge is 0.321 e. The minimum Gasteiger partial charge on any atom is -0.321 e. The molecule has 0 bridgehead atoms. The molecule has 0 unspecified atom stereocenters. The van der Waals surface area contributed by atoms with Crippen molar-refractivity contribution in [2.45, 2.75) is 6.92 Å². The predicted octanol–water partition coefficient (Wildman–Crippen LogP) is 1.68. The highest BCUT2D eigenvalue weighted by Gasteiger charge is 2.09. The number of thiazole rings is 1. The third-order valence-electron chi connectivity index (χ3n) is 2.64. The van der Waals surface area contributed by atoms with Gasteiger partial charge < -0.3 is 5.32 Å². The van der Waals surface area contributed by atoms with Crippen LogP contribution >= 0.6 is 11.3 Å². The number of benzene rings is 1. The van der Waals surface area contributed by atoms with Gasteiger partial charge in [-0.15, -0.1) is 16.4 Å². The van der Waals surface area contributed by atoms with Crippen molar-refractivity contribution in [3.63, 3.8) is 0 Å². The highest BCUT2D eigenvalue weighted by molar-refractivity contribution is 7.07. The Morgan fingerprint density at radius 2 is 2.30 bits per heavy atom. The van der Waals surface area contributed by atoms with E-state index in [0.717, 1.165) is 5.69 Å². The number of carbonyl (C=O) groups excluding carboxylic acids is 1. The minimum atomic E-state index is -0.239. The first-order valence-corrected chi connectivity index (χ1v) is 6.73. The standard InChI is InChI=1S/C12H10N6OS/c1-8-15-16-17-18(8)10-4-2-3-9(5-10)14-12(19)11-6-20-7-13-11/h2-7H,1H3,(H,14,19). The molecule has 1 amide bonds. The lowest BCUT2D eigenvalue weighted by Gasteiger charge is -2.06.